The van der Waals surface area contributed by atoms with E-state index in [4.69, 9.17) is 4.74 Å². The van der Waals surface area contributed by atoms with Gasteiger partial charge in [0.05, 0.1) is 9.82 Å². The first kappa shape index (κ1) is 19.9. The summed E-state index contributed by atoms with van der Waals surface area (Å²) in [5, 5.41) is 10.9. The Balaban J connectivity index is 1.71. The van der Waals surface area contributed by atoms with Crippen LogP contribution in [0.3, 0.4) is 0 Å². The average molecular weight is 408 g/mol. The van der Waals surface area contributed by atoms with Gasteiger partial charge in [0.15, 0.2) is 18.1 Å². The molecule has 0 bridgehead atoms. The zero-order valence-corrected chi connectivity index (χ0v) is 15.5. The highest BCUT2D eigenvalue weighted by Crippen LogP contribution is 2.27. The largest absolute Gasteiger partial charge is 0.478 e. The minimum atomic E-state index is -3.58. The molecule has 0 radical (unpaired) electrons. The molecule has 0 atom stereocenters. The number of nitro benzene ring substituents is 1. The average Bonchev–Trinajstić information content (AvgIpc) is 3.21. The zero-order chi connectivity index (χ0) is 20.3. The summed E-state index contributed by atoms with van der Waals surface area (Å²) in [7, 11) is -3.58. The number of hydrogen-bond donors (Lipinski definition) is 0. The highest BCUT2D eigenvalue weighted by Gasteiger charge is 2.27. The number of benzene rings is 2. The predicted molar refractivity (Wildman–Crippen MR) is 97.3 cm³/mol. The molecule has 2 aromatic rings. The molecule has 1 saturated heterocycles. The number of halogens is 1. The van der Waals surface area contributed by atoms with Gasteiger partial charge in [-0.3, -0.25) is 14.9 Å². The first-order valence-electron chi connectivity index (χ1n) is 8.49. The van der Waals surface area contributed by atoms with E-state index in [0.29, 0.717) is 13.1 Å². The van der Waals surface area contributed by atoms with Crippen molar-refractivity contribution >= 4 is 21.5 Å². The maximum atomic E-state index is 13.3. The third-order valence-electron chi connectivity index (χ3n) is 4.36. The molecule has 1 fully saturated rings. The molecule has 1 aliphatic rings. The molecule has 3 rings (SSSR count). The zero-order valence-electron chi connectivity index (χ0n) is 14.7. The van der Waals surface area contributed by atoms with Crippen LogP contribution in [0.1, 0.15) is 23.2 Å². The Morgan fingerprint density at radius 1 is 1.14 bits per heavy atom. The maximum absolute atomic E-state index is 13.3. The van der Waals surface area contributed by atoms with Crippen molar-refractivity contribution in [2.45, 2.75) is 17.7 Å². The van der Waals surface area contributed by atoms with Crippen LogP contribution in [-0.4, -0.2) is 43.1 Å². The Labute approximate surface area is 160 Å². The number of rotatable bonds is 7. The molecule has 0 N–H and O–H groups in total. The van der Waals surface area contributed by atoms with Gasteiger partial charge in [-0.15, -0.1) is 0 Å². The van der Waals surface area contributed by atoms with E-state index >= 15 is 0 Å². The molecule has 0 amide bonds. The van der Waals surface area contributed by atoms with Crippen LogP contribution in [0.5, 0.6) is 5.75 Å². The number of nitrogens with zero attached hydrogens (tertiary/aromatic N) is 2. The van der Waals surface area contributed by atoms with Crippen LogP contribution in [0.25, 0.3) is 0 Å². The van der Waals surface area contributed by atoms with E-state index < -0.39 is 38.8 Å². The van der Waals surface area contributed by atoms with Crippen molar-refractivity contribution in [3.05, 3.63) is 64.0 Å². The Morgan fingerprint density at radius 2 is 1.79 bits per heavy atom. The summed E-state index contributed by atoms with van der Waals surface area (Å²) >= 11 is 0. The van der Waals surface area contributed by atoms with E-state index in [-0.39, 0.29) is 16.2 Å². The summed E-state index contributed by atoms with van der Waals surface area (Å²) in [6, 6.07) is 8.09. The molecule has 1 aliphatic heterocycles. The Hall–Kier alpha value is -2.85. The number of nitro groups is 1. The van der Waals surface area contributed by atoms with Gasteiger partial charge in [0.1, 0.15) is 5.82 Å². The Bertz CT molecular complexity index is 1000. The lowest BCUT2D eigenvalue weighted by atomic mass is 10.1. The predicted octanol–water partition coefficient (Wildman–Crippen LogP) is 2.78. The second-order valence-electron chi connectivity index (χ2n) is 6.22. The van der Waals surface area contributed by atoms with Gasteiger partial charge >= 0.3 is 5.69 Å². The van der Waals surface area contributed by atoms with Crippen molar-refractivity contribution in [1.29, 1.82) is 0 Å². The molecule has 8 nitrogen and oxygen atoms in total. The molecule has 28 heavy (non-hydrogen) atoms. The molecular formula is C18H17FN2O6S. The van der Waals surface area contributed by atoms with E-state index in [0.717, 1.165) is 31.0 Å². The molecule has 0 unspecified atom stereocenters. The molecule has 1 heterocycles. The normalized spacial score (nSPS) is 14.8. The highest BCUT2D eigenvalue weighted by molar-refractivity contribution is 7.89. The van der Waals surface area contributed by atoms with Crippen LogP contribution >= 0.6 is 0 Å². The second-order valence-corrected chi connectivity index (χ2v) is 8.15. The summed E-state index contributed by atoms with van der Waals surface area (Å²) in [6.07, 6.45) is 1.64. The van der Waals surface area contributed by atoms with Gasteiger partial charge in [0.25, 0.3) is 0 Å². The van der Waals surface area contributed by atoms with Crippen LogP contribution in [0.15, 0.2) is 47.4 Å². The maximum Gasteiger partial charge on any atom is 0.311 e. The van der Waals surface area contributed by atoms with Crippen molar-refractivity contribution in [3.8, 4) is 5.75 Å². The standard InChI is InChI=1S/C18H17FN2O6S/c19-14-5-8-16(21(23)24)18(11-14)27-12-17(22)13-3-6-15(7-4-13)28(25,26)20-9-1-2-10-20/h3-8,11H,1-2,9-10,12H2. The minimum absolute atomic E-state index is 0.0904. The second kappa shape index (κ2) is 8.03. The number of ketones is 1. The van der Waals surface area contributed by atoms with Gasteiger partial charge in [-0.2, -0.15) is 4.31 Å². The van der Waals surface area contributed by atoms with Crippen molar-refractivity contribution in [1.82, 2.24) is 4.31 Å². The van der Waals surface area contributed by atoms with Gasteiger partial charge in [-0.1, -0.05) is 0 Å². The van der Waals surface area contributed by atoms with Crippen LogP contribution in [0.2, 0.25) is 0 Å². The Kier molecular flexibility index (Phi) is 5.71. The minimum Gasteiger partial charge on any atom is -0.478 e. The molecule has 0 saturated carbocycles. The van der Waals surface area contributed by atoms with E-state index in [9.17, 15) is 27.7 Å². The quantitative estimate of drug-likeness (QED) is 0.396. The third-order valence-corrected chi connectivity index (χ3v) is 6.27. The van der Waals surface area contributed by atoms with E-state index in [1.807, 2.05) is 0 Å². The molecule has 0 spiro atoms. The lowest BCUT2D eigenvalue weighted by Crippen LogP contribution is -2.27. The molecule has 148 valence electrons. The van der Waals surface area contributed by atoms with E-state index in [2.05, 4.69) is 0 Å². The smallest absolute Gasteiger partial charge is 0.311 e. The van der Waals surface area contributed by atoms with Gasteiger partial charge in [-0.05, 0) is 43.2 Å². The van der Waals surface area contributed by atoms with Gasteiger partial charge in [-0.25, -0.2) is 12.8 Å². The third kappa shape index (κ3) is 4.18. The van der Waals surface area contributed by atoms with Crippen molar-refractivity contribution in [3.63, 3.8) is 0 Å². The number of carbonyl (C=O) groups excluding carboxylic acids is 1. The number of sulfonamides is 1. The topological polar surface area (TPSA) is 107 Å². The first-order chi connectivity index (χ1) is 13.3. The monoisotopic (exact) mass is 408 g/mol. The van der Waals surface area contributed by atoms with Crippen molar-refractivity contribution < 1.29 is 27.3 Å². The molecule has 2 aromatic carbocycles. The van der Waals surface area contributed by atoms with E-state index in [1.54, 1.807) is 0 Å². The summed E-state index contributed by atoms with van der Waals surface area (Å²) in [6.45, 7) is 0.398. The van der Waals surface area contributed by atoms with Gasteiger partial charge < -0.3 is 4.74 Å². The fourth-order valence-electron chi connectivity index (χ4n) is 2.87. The summed E-state index contributed by atoms with van der Waals surface area (Å²) in [5.74, 6) is -1.61. The van der Waals surface area contributed by atoms with E-state index in [1.165, 1.54) is 28.6 Å². The van der Waals surface area contributed by atoms with Crippen molar-refractivity contribution in [2.75, 3.05) is 19.7 Å². The van der Waals surface area contributed by atoms with Gasteiger partial charge in [0, 0.05) is 30.8 Å². The molecule has 10 heteroatoms. The number of hydrogen-bond acceptors (Lipinski definition) is 6. The lowest BCUT2D eigenvalue weighted by Gasteiger charge is -2.15. The highest BCUT2D eigenvalue weighted by atomic mass is 32.2. The fraction of sp³-hybridized carbons (Fsp3) is 0.278. The van der Waals surface area contributed by atoms with Crippen LogP contribution in [0, 0.1) is 15.9 Å². The molecule has 0 aromatic heterocycles. The number of ether oxygens (including phenoxy) is 1. The van der Waals surface area contributed by atoms with Crippen LogP contribution < -0.4 is 4.74 Å². The molecular weight excluding hydrogens is 391 g/mol. The lowest BCUT2D eigenvalue weighted by molar-refractivity contribution is -0.385. The first-order valence-corrected chi connectivity index (χ1v) is 9.93. The number of carbonyl (C=O) groups is 1. The summed E-state index contributed by atoms with van der Waals surface area (Å²) in [4.78, 5) is 22.5. The van der Waals surface area contributed by atoms with Gasteiger partial charge in [0.2, 0.25) is 10.0 Å². The van der Waals surface area contributed by atoms with Crippen LogP contribution in [0.4, 0.5) is 10.1 Å². The molecule has 0 aliphatic carbocycles. The number of Topliss-reactive ketones (excluding diaryl/α,β-unsaturated/α-hetero) is 1. The Morgan fingerprint density at radius 3 is 2.39 bits per heavy atom. The fourth-order valence-corrected chi connectivity index (χ4v) is 4.39. The summed E-state index contributed by atoms with van der Waals surface area (Å²) < 4.78 is 44.8. The summed E-state index contributed by atoms with van der Waals surface area (Å²) in [5.41, 5.74) is -0.277. The van der Waals surface area contributed by atoms with Crippen molar-refractivity contribution in [2.24, 2.45) is 0 Å². The SMILES string of the molecule is O=C(COc1cc(F)ccc1[N+](=O)[O-])c1ccc(S(=O)(=O)N2CCCC2)cc1. The van der Waals surface area contributed by atoms with Crippen LogP contribution in [-0.2, 0) is 10.0 Å².